The van der Waals surface area contributed by atoms with E-state index in [1.165, 1.54) is 12.7 Å². The van der Waals surface area contributed by atoms with Crippen LogP contribution in [0.15, 0.2) is 18.2 Å². The Labute approximate surface area is 96.8 Å². The zero-order valence-corrected chi connectivity index (χ0v) is 10.3. The van der Waals surface area contributed by atoms with Crippen molar-refractivity contribution >= 4 is 5.97 Å². The number of carbonyl (C=O) groups is 1. The third kappa shape index (κ3) is 2.83. The van der Waals surface area contributed by atoms with Crippen LogP contribution in [-0.2, 0) is 9.53 Å². The first-order valence-corrected chi connectivity index (χ1v) is 5.48. The fraction of sp³-hybridized carbons (Fsp3) is 0.462. The fourth-order valence-electron chi connectivity index (χ4n) is 1.79. The van der Waals surface area contributed by atoms with E-state index < -0.39 is 0 Å². The summed E-state index contributed by atoms with van der Waals surface area (Å²) in [6.45, 7) is 6.75. The molecule has 0 bridgehead atoms. The molecule has 0 saturated carbocycles. The molecule has 88 valence electrons. The van der Waals surface area contributed by atoms with Gasteiger partial charge in [0.15, 0.2) is 0 Å². The molecule has 0 spiro atoms. The minimum Gasteiger partial charge on any atom is -0.468 e. The molecule has 0 amide bonds. The van der Waals surface area contributed by atoms with Crippen LogP contribution < -0.4 is 5.32 Å². The highest BCUT2D eigenvalue weighted by Crippen LogP contribution is 2.20. The lowest BCUT2D eigenvalue weighted by atomic mass is 9.99. The third-order valence-electron chi connectivity index (χ3n) is 2.58. The van der Waals surface area contributed by atoms with Gasteiger partial charge in [0.1, 0.15) is 6.04 Å². The first-order chi connectivity index (χ1) is 7.60. The Balaban J connectivity index is 3.05. The highest BCUT2D eigenvalue weighted by molar-refractivity contribution is 5.78. The molecule has 1 atom stereocenters. The third-order valence-corrected chi connectivity index (χ3v) is 2.58. The number of esters is 1. The number of methoxy groups -OCH3 is 1. The molecule has 3 heteroatoms. The van der Waals surface area contributed by atoms with Crippen LogP contribution in [0.3, 0.4) is 0 Å². The molecule has 0 heterocycles. The lowest BCUT2D eigenvalue weighted by Gasteiger charge is -2.18. The molecule has 1 unspecified atom stereocenters. The Kier molecular flexibility index (Phi) is 4.50. The summed E-state index contributed by atoms with van der Waals surface area (Å²) in [7, 11) is 1.41. The van der Waals surface area contributed by atoms with Crippen molar-refractivity contribution < 1.29 is 9.53 Å². The van der Waals surface area contributed by atoms with E-state index in [9.17, 15) is 4.79 Å². The van der Waals surface area contributed by atoms with Crippen molar-refractivity contribution in [3.8, 4) is 0 Å². The minimum absolute atomic E-state index is 0.242. The van der Waals surface area contributed by atoms with E-state index in [0.29, 0.717) is 0 Å². The Hall–Kier alpha value is -1.35. The molecule has 0 radical (unpaired) electrons. The summed E-state index contributed by atoms with van der Waals surface area (Å²) in [6.07, 6.45) is 0. The number of hydrogen-bond acceptors (Lipinski definition) is 3. The largest absolute Gasteiger partial charge is 0.468 e. The first kappa shape index (κ1) is 12.7. The number of nitrogens with one attached hydrogen (secondary N) is 1. The number of hydrogen-bond donors (Lipinski definition) is 1. The van der Waals surface area contributed by atoms with E-state index in [0.717, 1.165) is 17.7 Å². The van der Waals surface area contributed by atoms with Crippen molar-refractivity contribution in [2.24, 2.45) is 0 Å². The minimum atomic E-state index is -0.365. The van der Waals surface area contributed by atoms with Crippen molar-refractivity contribution in [3.63, 3.8) is 0 Å². The normalized spacial score (nSPS) is 12.2. The van der Waals surface area contributed by atoms with Crippen molar-refractivity contribution in [2.75, 3.05) is 13.7 Å². The predicted octanol–water partition coefficient (Wildman–Crippen LogP) is 2.13. The summed E-state index contributed by atoms with van der Waals surface area (Å²) in [5, 5.41) is 3.14. The predicted molar refractivity (Wildman–Crippen MR) is 64.3 cm³/mol. The maximum atomic E-state index is 11.7. The number of benzene rings is 1. The average Bonchev–Trinajstić information content (AvgIpc) is 2.26. The van der Waals surface area contributed by atoms with Crippen molar-refractivity contribution in [1.29, 1.82) is 0 Å². The van der Waals surface area contributed by atoms with Crippen LogP contribution in [-0.4, -0.2) is 19.6 Å². The van der Waals surface area contributed by atoms with Crippen LogP contribution in [0.4, 0.5) is 0 Å². The van der Waals surface area contributed by atoms with Gasteiger partial charge >= 0.3 is 5.97 Å². The summed E-state index contributed by atoms with van der Waals surface area (Å²) in [5.41, 5.74) is 3.29. The Morgan fingerprint density at radius 1 is 1.44 bits per heavy atom. The average molecular weight is 221 g/mol. The molecule has 0 aromatic heterocycles. The maximum Gasteiger partial charge on any atom is 0.327 e. The van der Waals surface area contributed by atoms with Gasteiger partial charge in [0.25, 0.3) is 0 Å². The highest BCUT2D eigenvalue weighted by Gasteiger charge is 2.21. The Morgan fingerprint density at radius 3 is 2.62 bits per heavy atom. The number of likely N-dealkylation sites (N-methyl/N-ethyl adjacent to an activating group) is 1. The number of ether oxygens (including phenoxy) is 1. The number of carbonyl (C=O) groups excluding carboxylic acids is 1. The van der Waals surface area contributed by atoms with Gasteiger partial charge in [-0.1, -0.05) is 30.7 Å². The molecule has 3 nitrogen and oxygen atoms in total. The summed E-state index contributed by atoms with van der Waals surface area (Å²) in [4.78, 5) is 11.7. The lowest BCUT2D eigenvalue weighted by Crippen LogP contribution is -2.30. The molecule has 0 aliphatic carbocycles. The van der Waals surface area contributed by atoms with Gasteiger partial charge in [-0.25, -0.2) is 4.79 Å². The Morgan fingerprint density at radius 2 is 2.12 bits per heavy atom. The van der Waals surface area contributed by atoms with Gasteiger partial charge in [0.2, 0.25) is 0 Å². The van der Waals surface area contributed by atoms with Gasteiger partial charge in [0, 0.05) is 0 Å². The van der Waals surface area contributed by atoms with Crippen LogP contribution in [0.5, 0.6) is 0 Å². The second kappa shape index (κ2) is 5.66. The molecule has 0 fully saturated rings. The molecular weight excluding hydrogens is 202 g/mol. The summed E-state index contributed by atoms with van der Waals surface area (Å²) in [5.74, 6) is -0.242. The fourth-order valence-corrected chi connectivity index (χ4v) is 1.79. The van der Waals surface area contributed by atoms with E-state index in [4.69, 9.17) is 4.74 Å². The summed E-state index contributed by atoms with van der Waals surface area (Å²) < 4.78 is 4.80. The molecule has 0 aliphatic heterocycles. The molecule has 1 aromatic carbocycles. The van der Waals surface area contributed by atoms with Crippen LogP contribution >= 0.6 is 0 Å². The van der Waals surface area contributed by atoms with E-state index in [2.05, 4.69) is 11.4 Å². The second-order valence-electron chi connectivity index (χ2n) is 3.87. The molecule has 1 rings (SSSR count). The Bertz CT molecular complexity index is 374. The molecule has 0 aliphatic rings. The zero-order valence-electron chi connectivity index (χ0n) is 10.3. The maximum absolute atomic E-state index is 11.7. The van der Waals surface area contributed by atoms with Crippen LogP contribution in [0.25, 0.3) is 0 Å². The van der Waals surface area contributed by atoms with Gasteiger partial charge < -0.3 is 10.1 Å². The number of aryl methyl sites for hydroxylation is 2. The quantitative estimate of drug-likeness (QED) is 0.791. The van der Waals surface area contributed by atoms with Crippen molar-refractivity contribution in [2.45, 2.75) is 26.8 Å². The van der Waals surface area contributed by atoms with E-state index in [1.807, 2.05) is 32.9 Å². The summed E-state index contributed by atoms with van der Waals surface area (Å²) in [6, 6.07) is 5.70. The van der Waals surface area contributed by atoms with E-state index in [1.54, 1.807) is 0 Å². The van der Waals surface area contributed by atoms with Crippen LogP contribution in [0, 0.1) is 13.8 Å². The van der Waals surface area contributed by atoms with E-state index in [-0.39, 0.29) is 12.0 Å². The van der Waals surface area contributed by atoms with Gasteiger partial charge in [-0.05, 0) is 31.5 Å². The van der Waals surface area contributed by atoms with Gasteiger partial charge in [-0.2, -0.15) is 0 Å². The van der Waals surface area contributed by atoms with E-state index >= 15 is 0 Å². The van der Waals surface area contributed by atoms with Gasteiger partial charge in [-0.3, -0.25) is 0 Å². The first-order valence-electron chi connectivity index (χ1n) is 5.48. The molecule has 1 aromatic rings. The standard InChI is InChI=1S/C13H19NO2/c1-5-14-12(13(15)16-4)11-7-6-9(2)8-10(11)3/h6-8,12,14H,5H2,1-4H3. The monoisotopic (exact) mass is 221 g/mol. The van der Waals surface area contributed by atoms with Gasteiger partial charge in [-0.15, -0.1) is 0 Å². The van der Waals surface area contributed by atoms with Crippen molar-refractivity contribution in [3.05, 3.63) is 34.9 Å². The zero-order chi connectivity index (χ0) is 12.1. The number of rotatable bonds is 4. The molecule has 1 N–H and O–H groups in total. The smallest absolute Gasteiger partial charge is 0.327 e. The van der Waals surface area contributed by atoms with Gasteiger partial charge in [0.05, 0.1) is 7.11 Å². The summed E-state index contributed by atoms with van der Waals surface area (Å²) >= 11 is 0. The van der Waals surface area contributed by atoms with Crippen LogP contribution in [0.1, 0.15) is 29.7 Å². The molecule has 16 heavy (non-hydrogen) atoms. The SMILES string of the molecule is CCNC(C(=O)OC)c1ccc(C)cc1C. The second-order valence-corrected chi connectivity index (χ2v) is 3.87. The molecular formula is C13H19NO2. The highest BCUT2D eigenvalue weighted by atomic mass is 16.5. The van der Waals surface area contributed by atoms with Crippen molar-refractivity contribution in [1.82, 2.24) is 5.32 Å². The topological polar surface area (TPSA) is 38.3 Å². The molecule has 0 saturated heterocycles. The van der Waals surface area contributed by atoms with Crippen LogP contribution in [0.2, 0.25) is 0 Å². The lowest BCUT2D eigenvalue weighted by molar-refractivity contribution is -0.143.